The molecule has 0 aliphatic rings. The Morgan fingerprint density at radius 2 is 1.61 bits per heavy atom. The van der Waals surface area contributed by atoms with Crippen molar-refractivity contribution in [2.75, 3.05) is 0 Å². The minimum Gasteiger partial charge on any atom is -0.486 e. The highest BCUT2D eigenvalue weighted by Gasteiger charge is 2.15. The van der Waals surface area contributed by atoms with E-state index in [1.54, 1.807) is 48.5 Å². The zero-order valence-corrected chi connectivity index (χ0v) is 19.9. The van der Waals surface area contributed by atoms with Gasteiger partial charge in [0.05, 0.1) is 8.95 Å². The van der Waals surface area contributed by atoms with Gasteiger partial charge in [-0.2, -0.15) is 0 Å². The van der Waals surface area contributed by atoms with Crippen LogP contribution in [0.1, 0.15) is 21.5 Å². The SMILES string of the molecule is O=C(O)C(=Cc1cc(Br)c(OCc2ccccc2Cl)c(Br)c1)NC(=O)c1ccccc1. The van der Waals surface area contributed by atoms with E-state index in [2.05, 4.69) is 37.2 Å². The van der Waals surface area contributed by atoms with Crippen molar-refractivity contribution >= 4 is 61.4 Å². The van der Waals surface area contributed by atoms with Crippen LogP contribution in [0.4, 0.5) is 0 Å². The number of nitrogens with one attached hydrogen (secondary N) is 1. The van der Waals surface area contributed by atoms with E-state index in [4.69, 9.17) is 16.3 Å². The highest BCUT2D eigenvalue weighted by Crippen LogP contribution is 2.36. The molecule has 0 bridgehead atoms. The largest absolute Gasteiger partial charge is 0.486 e. The minimum atomic E-state index is -1.25. The molecule has 3 aromatic carbocycles. The number of benzene rings is 3. The second kappa shape index (κ2) is 10.6. The molecule has 0 unspecified atom stereocenters. The second-order valence-electron chi connectivity index (χ2n) is 6.38. The standard InChI is InChI=1S/C23H16Br2ClNO4/c24-17-10-14(11-18(25)21(17)31-13-16-8-4-5-9-19(16)26)12-20(23(29)30)27-22(28)15-6-2-1-3-7-15/h1-12H,13H2,(H,27,28)(H,29,30). The average molecular weight is 566 g/mol. The van der Waals surface area contributed by atoms with Gasteiger partial charge in [-0.1, -0.05) is 48.0 Å². The number of amides is 1. The molecule has 2 N–H and O–H groups in total. The molecule has 0 aliphatic carbocycles. The number of hydrogen-bond acceptors (Lipinski definition) is 3. The van der Waals surface area contributed by atoms with Crippen LogP contribution in [0, 0.1) is 0 Å². The lowest BCUT2D eigenvalue weighted by Gasteiger charge is -2.13. The first-order valence-electron chi connectivity index (χ1n) is 9.02. The predicted molar refractivity (Wildman–Crippen MR) is 127 cm³/mol. The van der Waals surface area contributed by atoms with Gasteiger partial charge in [0.15, 0.2) is 0 Å². The van der Waals surface area contributed by atoms with Gasteiger partial charge in [0.25, 0.3) is 5.91 Å². The third-order valence-electron chi connectivity index (χ3n) is 4.18. The quantitative estimate of drug-likeness (QED) is 0.330. The van der Waals surface area contributed by atoms with E-state index in [0.717, 1.165) is 5.56 Å². The Hall–Kier alpha value is -2.61. The van der Waals surface area contributed by atoms with Crippen molar-refractivity contribution in [2.45, 2.75) is 6.61 Å². The van der Waals surface area contributed by atoms with Crippen LogP contribution < -0.4 is 10.1 Å². The summed E-state index contributed by atoms with van der Waals surface area (Å²) in [5, 5.41) is 12.6. The molecule has 1 amide bonds. The van der Waals surface area contributed by atoms with Gasteiger partial charge in [-0.3, -0.25) is 4.79 Å². The lowest BCUT2D eigenvalue weighted by atomic mass is 10.1. The van der Waals surface area contributed by atoms with Crippen molar-refractivity contribution in [1.29, 1.82) is 0 Å². The van der Waals surface area contributed by atoms with Crippen molar-refractivity contribution in [1.82, 2.24) is 5.32 Å². The summed E-state index contributed by atoms with van der Waals surface area (Å²) in [6.07, 6.45) is 1.37. The van der Waals surface area contributed by atoms with Gasteiger partial charge in [0.1, 0.15) is 18.1 Å². The molecular formula is C23H16Br2ClNO4. The van der Waals surface area contributed by atoms with E-state index in [1.165, 1.54) is 6.08 Å². The Labute approximate surface area is 200 Å². The van der Waals surface area contributed by atoms with Crippen LogP contribution >= 0.6 is 43.5 Å². The van der Waals surface area contributed by atoms with Gasteiger partial charge in [-0.15, -0.1) is 0 Å². The Morgan fingerprint density at radius 3 is 2.23 bits per heavy atom. The van der Waals surface area contributed by atoms with E-state index < -0.39 is 11.9 Å². The summed E-state index contributed by atoms with van der Waals surface area (Å²) in [5.41, 5.74) is 1.50. The van der Waals surface area contributed by atoms with Crippen LogP contribution in [0.3, 0.4) is 0 Å². The molecule has 0 atom stereocenters. The summed E-state index contributed by atoms with van der Waals surface area (Å²) >= 11 is 13.1. The number of carboxylic acids is 1. The van der Waals surface area contributed by atoms with Gasteiger partial charge < -0.3 is 15.2 Å². The monoisotopic (exact) mass is 563 g/mol. The third-order valence-corrected chi connectivity index (χ3v) is 5.72. The van der Waals surface area contributed by atoms with Crippen LogP contribution in [0.15, 0.2) is 81.4 Å². The molecule has 3 rings (SSSR count). The number of hydrogen-bond donors (Lipinski definition) is 2. The van der Waals surface area contributed by atoms with E-state index >= 15 is 0 Å². The number of rotatable bonds is 7. The molecular weight excluding hydrogens is 550 g/mol. The second-order valence-corrected chi connectivity index (χ2v) is 8.49. The fraction of sp³-hybridized carbons (Fsp3) is 0.0435. The first kappa shape index (κ1) is 23.1. The molecule has 5 nitrogen and oxygen atoms in total. The van der Waals surface area contributed by atoms with Crippen molar-refractivity contribution in [3.8, 4) is 5.75 Å². The molecule has 3 aromatic rings. The molecule has 158 valence electrons. The number of halogens is 3. The van der Waals surface area contributed by atoms with E-state index in [0.29, 0.717) is 30.8 Å². The number of aliphatic carboxylic acids is 1. The zero-order chi connectivity index (χ0) is 22.4. The maximum atomic E-state index is 12.3. The molecule has 31 heavy (non-hydrogen) atoms. The van der Waals surface area contributed by atoms with Crippen LogP contribution in [-0.2, 0) is 11.4 Å². The topological polar surface area (TPSA) is 75.6 Å². The normalized spacial score (nSPS) is 11.1. The van der Waals surface area contributed by atoms with Gasteiger partial charge in [0.2, 0.25) is 0 Å². The molecule has 0 saturated heterocycles. The minimum absolute atomic E-state index is 0.252. The van der Waals surface area contributed by atoms with E-state index in [-0.39, 0.29) is 12.3 Å². The summed E-state index contributed by atoms with van der Waals surface area (Å²) in [6, 6.07) is 19.2. The van der Waals surface area contributed by atoms with Gasteiger partial charge in [-0.05, 0) is 73.8 Å². The maximum absolute atomic E-state index is 12.3. The Bertz CT molecular complexity index is 1130. The Morgan fingerprint density at radius 1 is 1.00 bits per heavy atom. The summed E-state index contributed by atoms with van der Waals surface area (Å²) in [6.45, 7) is 0.263. The van der Waals surface area contributed by atoms with Crippen molar-refractivity contribution in [3.05, 3.63) is 103 Å². The third kappa shape index (κ3) is 6.19. The van der Waals surface area contributed by atoms with Crippen LogP contribution in [-0.4, -0.2) is 17.0 Å². The van der Waals surface area contributed by atoms with Gasteiger partial charge in [0, 0.05) is 16.1 Å². The zero-order valence-electron chi connectivity index (χ0n) is 15.9. The molecule has 0 saturated carbocycles. The molecule has 0 fully saturated rings. The number of carbonyl (C=O) groups is 2. The lowest BCUT2D eigenvalue weighted by Crippen LogP contribution is -2.27. The predicted octanol–water partition coefficient (Wildman–Crippen LogP) is 6.30. The molecule has 8 heteroatoms. The van der Waals surface area contributed by atoms with Crippen LogP contribution in [0.5, 0.6) is 5.75 Å². The fourth-order valence-electron chi connectivity index (χ4n) is 2.67. The van der Waals surface area contributed by atoms with Crippen LogP contribution in [0.25, 0.3) is 6.08 Å². The van der Waals surface area contributed by atoms with Gasteiger partial charge >= 0.3 is 5.97 Å². The highest BCUT2D eigenvalue weighted by molar-refractivity contribution is 9.11. The smallest absolute Gasteiger partial charge is 0.352 e. The summed E-state index contributed by atoms with van der Waals surface area (Å²) in [7, 11) is 0. The van der Waals surface area contributed by atoms with Crippen molar-refractivity contribution < 1.29 is 19.4 Å². The van der Waals surface area contributed by atoms with E-state index in [1.807, 2.05) is 18.2 Å². The molecule has 0 aliphatic heterocycles. The van der Waals surface area contributed by atoms with E-state index in [9.17, 15) is 14.7 Å². The number of carboxylic acid groups (broad SMARTS) is 1. The number of ether oxygens (including phenoxy) is 1. The molecule has 0 heterocycles. The van der Waals surface area contributed by atoms with Crippen LogP contribution in [0.2, 0.25) is 5.02 Å². The summed E-state index contributed by atoms with van der Waals surface area (Å²) < 4.78 is 7.10. The average Bonchev–Trinajstić information content (AvgIpc) is 2.74. The molecule has 0 spiro atoms. The molecule has 0 aromatic heterocycles. The molecule has 0 radical (unpaired) electrons. The summed E-state index contributed by atoms with van der Waals surface area (Å²) in [4.78, 5) is 24.0. The first-order chi connectivity index (χ1) is 14.8. The van der Waals surface area contributed by atoms with Crippen molar-refractivity contribution in [2.24, 2.45) is 0 Å². The lowest BCUT2D eigenvalue weighted by molar-refractivity contribution is -0.132. The number of carbonyl (C=O) groups excluding carboxylic acids is 1. The fourth-order valence-corrected chi connectivity index (χ4v) is 4.31. The Balaban J connectivity index is 1.81. The van der Waals surface area contributed by atoms with Gasteiger partial charge in [-0.25, -0.2) is 4.79 Å². The first-order valence-corrected chi connectivity index (χ1v) is 11.0. The van der Waals surface area contributed by atoms with Crippen molar-refractivity contribution in [3.63, 3.8) is 0 Å². The summed E-state index contributed by atoms with van der Waals surface area (Å²) in [5.74, 6) is -1.22. The maximum Gasteiger partial charge on any atom is 0.352 e. The Kier molecular flexibility index (Phi) is 7.90. The highest BCUT2D eigenvalue weighted by atomic mass is 79.9.